The number of benzene rings is 1. The summed E-state index contributed by atoms with van der Waals surface area (Å²) in [5, 5.41) is 0. The molecule has 1 aliphatic carbocycles. The average Bonchev–Trinajstić information content (AvgIpc) is 2.30. The lowest BCUT2D eigenvalue weighted by molar-refractivity contribution is 1.14. The van der Waals surface area contributed by atoms with E-state index < -0.39 is 0 Å². The van der Waals surface area contributed by atoms with Crippen LogP contribution in [0.5, 0.6) is 0 Å². The minimum atomic E-state index is 0.770. The Labute approximate surface area is 75.4 Å². The summed E-state index contributed by atoms with van der Waals surface area (Å²) in [4.78, 5) is 0. The Morgan fingerprint density at radius 2 is 2.00 bits per heavy atom. The summed E-state index contributed by atoms with van der Waals surface area (Å²) in [5.41, 5.74) is 4.51. The predicted octanol–water partition coefficient (Wildman–Crippen LogP) is 1.78. The van der Waals surface area contributed by atoms with Crippen LogP contribution in [0.4, 0.5) is 0 Å². The number of hydrogen-bond donors (Lipinski definition) is 0. The van der Waals surface area contributed by atoms with E-state index in [0.717, 1.165) is 4.78 Å². The van der Waals surface area contributed by atoms with Crippen molar-refractivity contribution in [1.29, 1.82) is 0 Å². The van der Waals surface area contributed by atoms with Crippen molar-refractivity contribution in [1.82, 2.24) is 0 Å². The van der Waals surface area contributed by atoms with Crippen LogP contribution in [0.1, 0.15) is 22.8 Å². The van der Waals surface area contributed by atoms with Crippen LogP contribution in [0.15, 0.2) is 29.8 Å². The molecule has 0 bridgehead atoms. The zero-order valence-electron chi connectivity index (χ0n) is 6.96. The SMILES string of the molecule is CC1=Cc2ccccc2[CH]1[AlH2]. The highest BCUT2D eigenvalue weighted by Crippen LogP contribution is 2.32. The zero-order chi connectivity index (χ0) is 7.84. The largest absolute Gasteiger partial charge is 0.230 e. The van der Waals surface area contributed by atoms with Gasteiger partial charge in [0.05, 0.1) is 0 Å². The molecular weight excluding hydrogens is 147 g/mol. The molecule has 0 saturated heterocycles. The average molecular weight is 158 g/mol. The standard InChI is InChI=1S/C10H9.Al.2H/c1-8-6-9-4-2-3-5-10(9)7-8;;;/h2-7H,1H3;;;. The van der Waals surface area contributed by atoms with Gasteiger partial charge in [0, 0.05) is 0 Å². The van der Waals surface area contributed by atoms with Crippen molar-refractivity contribution in [3.8, 4) is 0 Å². The summed E-state index contributed by atoms with van der Waals surface area (Å²) < 4.78 is 0.770. The fraction of sp³-hybridized carbons (Fsp3) is 0.200. The number of allylic oxidation sites excluding steroid dienone is 1. The molecule has 0 saturated carbocycles. The highest BCUT2D eigenvalue weighted by atomic mass is 27.0. The third-order valence-corrected chi connectivity index (χ3v) is 4.06. The fourth-order valence-electron chi connectivity index (χ4n) is 1.65. The van der Waals surface area contributed by atoms with E-state index in [1.165, 1.54) is 33.0 Å². The second kappa shape index (κ2) is 2.52. The van der Waals surface area contributed by atoms with Crippen LogP contribution >= 0.6 is 0 Å². The van der Waals surface area contributed by atoms with Gasteiger partial charge < -0.3 is 0 Å². The highest BCUT2D eigenvalue weighted by Gasteiger charge is 2.16. The van der Waals surface area contributed by atoms with Crippen molar-refractivity contribution >= 4 is 22.4 Å². The van der Waals surface area contributed by atoms with Gasteiger partial charge in [-0.25, -0.2) is 0 Å². The Hall–Kier alpha value is -0.508. The van der Waals surface area contributed by atoms with Crippen LogP contribution in [-0.2, 0) is 0 Å². The molecule has 1 aromatic carbocycles. The fourth-order valence-corrected chi connectivity index (χ4v) is 2.34. The summed E-state index contributed by atoms with van der Waals surface area (Å²) >= 11 is 1.24. The molecule has 0 nitrogen and oxygen atoms in total. The van der Waals surface area contributed by atoms with Gasteiger partial charge >= 0.3 is 0 Å². The Bertz CT molecular complexity index is 312. The third-order valence-electron chi connectivity index (χ3n) is 2.53. The Morgan fingerprint density at radius 3 is 2.73 bits per heavy atom. The maximum atomic E-state index is 2.31. The lowest BCUT2D eigenvalue weighted by atomic mass is 10.1. The molecule has 0 aliphatic heterocycles. The molecule has 0 amide bonds. The second-order valence-electron chi connectivity index (χ2n) is 3.24. The molecule has 11 heavy (non-hydrogen) atoms. The lowest BCUT2D eigenvalue weighted by Crippen LogP contribution is -1.94. The van der Waals surface area contributed by atoms with Gasteiger partial charge in [0.1, 0.15) is 0 Å². The van der Waals surface area contributed by atoms with Gasteiger partial charge in [-0.2, -0.15) is 0 Å². The molecule has 54 valence electrons. The zero-order valence-corrected chi connectivity index (χ0v) is 8.96. The molecule has 1 heteroatoms. The number of rotatable bonds is 0. The van der Waals surface area contributed by atoms with E-state index in [9.17, 15) is 0 Å². The predicted molar refractivity (Wildman–Crippen MR) is 51.4 cm³/mol. The van der Waals surface area contributed by atoms with E-state index >= 15 is 0 Å². The van der Waals surface area contributed by atoms with E-state index in [0.29, 0.717) is 0 Å². The van der Waals surface area contributed by atoms with Gasteiger partial charge in [-0.05, 0) is 22.8 Å². The third kappa shape index (κ3) is 1.05. The molecule has 0 aromatic heterocycles. The van der Waals surface area contributed by atoms with Gasteiger partial charge in [-0.1, -0.05) is 35.9 Å². The molecule has 1 unspecified atom stereocenters. The Kier molecular flexibility index (Phi) is 1.64. The summed E-state index contributed by atoms with van der Waals surface area (Å²) in [6, 6.07) is 8.70. The molecular formula is C10H11Al. The molecule has 0 radical (unpaired) electrons. The van der Waals surface area contributed by atoms with Crippen molar-refractivity contribution in [3.63, 3.8) is 0 Å². The number of fused-ring (bicyclic) bond motifs is 1. The van der Waals surface area contributed by atoms with E-state index in [-0.39, 0.29) is 0 Å². The minimum Gasteiger partial charge on any atom is -0.0793 e. The normalized spacial score (nSPS) is 21.2. The quantitative estimate of drug-likeness (QED) is 0.505. The van der Waals surface area contributed by atoms with Gasteiger partial charge in [0.15, 0.2) is 0 Å². The maximum absolute atomic E-state index is 2.31. The molecule has 2 rings (SSSR count). The van der Waals surface area contributed by atoms with Crippen molar-refractivity contribution in [2.24, 2.45) is 0 Å². The molecule has 0 heterocycles. The smallest absolute Gasteiger partial charge is 0.0793 e. The van der Waals surface area contributed by atoms with E-state index in [2.05, 4.69) is 37.3 Å². The molecule has 0 N–H and O–H groups in total. The monoisotopic (exact) mass is 158 g/mol. The van der Waals surface area contributed by atoms with Crippen molar-refractivity contribution in [2.75, 3.05) is 0 Å². The van der Waals surface area contributed by atoms with Crippen molar-refractivity contribution in [2.45, 2.75) is 11.7 Å². The minimum absolute atomic E-state index is 0.770. The first kappa shape index (κ1) is 7.16. The molecule has 1 atom stereocenters. The molecule has 0 spiro atoms. The van der Waals surface area contributed by atoms with E-state index in [1.54, 1.807) is 0 Å². The van der Waals surface area contributed by atoms with Crippen molar-refractivity contribution < 1.29 is 0 Å². The molecule has 1 aliphatic rings. The topological polar surface area (TPSA) is 0 Å². The lowest BCUT2D eigenvalue weighted by Gasteiger charge is -2.05. The van der Waals surface area contributed by atoms with Crippen LogP contribution in [0.2, 0.25) is 0 Å². The Balaban J connectivity index is 2.58. The van der Waals surface area contributed by atoms with Gasteiger partial charge in [0.2, 0.25) is 16.3 Å². The maximum Gasteiger partial charge on any atom is 0.230 e. The van der Waals surface area contributed by atoms with E-state index in [4.69, 9.17) is 0 Å². The summed E-state index contributed by atoms with van der Waals surface area (Å²) in [6.07, 6.45) is 2.31. The molecule has 0 fully saturated rings. The summed E-state index contributed by atoms with van der Waals surface area (Å²) in [6.45, 7) is 2.23. The second-order valence-corrected chi connectivity index (χ2v) is 4.39. The summed E-state index contributed by atoms with van der Waals surface area (Å²) in [7, 11) is 0. The first-order valence-corrected chi connectivity index (χ1v) is 5.21. The van der Waals surface area contributed by atoms with Gasteiger partial charge in [-0.3, -0.25) is 0 Å². The first-order chi connectivity index (χ1) is 5.29. The summed E-state index contributed by atoms with van der Waals surface area (Å²) in [5.74, 6) is 0. The van der Waals surface area contributed by atoms with Crippen LogP contribution < -0.4 is 0 Å². The van der Waals surface area contributed by atoms with Crippen LogP contribution in [0.3, 0.4) is 0 Å². The first-order valence-electron chi connectivity index (χ1n) is 4.06. The molecule has 1 aromatic rings. The Morgan fingerprint density at radius 1 is 1.27 bits per heavy atom. The number of hydrogen-bond acceptors (Lipinski definition) is 0. The van der Waals surface area contributed by atoms with E-state index in [1.807, 2.05) is 0 Å². The van der Waals surface area contributed by atoms with Gasteiger partial charge in [-0.15, -0.1) is 0 Å². The van der Waals surface area contributed by atoms with Crippen LogP contribution in [0, 0.1) is 0 Å². The van der Waals surface area contributed by atoms with Crippen LogP contribution in [-0.4, -0.2) is 16.3 Å². The van der Waals surface area contributed by atoms with Gasteiger partial charge in [0.25, 0.3) is 0 Å². The van der Waals surface area contributed by atoms with Crippen LogP contribution in [0.25, 0.3) is 6.08 Å². The highest BCUT2D eigenvalue weighted by molar-refractivity contribution is 6.16. The van der Waals surface area contributed by atoms with Crippen molar-refractivity contribution in [3.05, 3.63) is 41.0 Å².